The van der Waals surface area contributed by atoms with E-state index in [-0.39, 0.29) is 25.0 Å². The molecule has 2 heterocycles. The van der Waals surface area contributed by atoms with Crippen molar-refractivity contribution in [3.05, 3.63) is 71.2 Å². The third-order valence-corrected chi connectivity index (χ3v) is 3.82. The van der Waals surface area contributed by atoms with E-state index >= 15 is 0 Å². The molecular formula is C18H14FN3O4. The molecule has 0 radical (unpaired) electrons. The van der Waals surface area contributed by atoms with Crippen LogP contribution in [0.2, 0.25) is 0 Å². The number of hydrogen-bond donors (Lipinski definition) is 1. The molecule has 3 aromatic rings. The molecule has 132 valence electrons. The Kier molecular flexibility index (Phi) is 4.22. The second-order valence-electron chi connectivity index (χ2n) is 5.67. The van der Waals surface area contributed by atoms with Crippen LogP contribution in [0.5, 0.6) is 11.5 Å². The van der Waals surface area contributed by atoms with Crippen molar-refractivity contribution in [2.75, 3.05) is 6.79 Å². The van der Waals surface area contributed by atoms with Gasteiger partial charge in [0.05, 0.1) is 6.42 Å². The van der Waals surface area contributed by atoms with Gasteiger partial charge in [-0.25, -0.2) is 4.39 Å². The van der Waals surface area contributed by atoms with E-state index in [2.05, 4.69) is 15.5 Å². The lowest BCUT2D eigenvalue weighted by atomic mass is 10.1. The lowest BCUT2D eigenvalue weighted by Gasteiger charge is -2.02. The van der Waals surface area contributed by atoms with Gasteiger partial charge < -0.3 is 19.2 Å². The van der Waals surface area contributed by atoms with Crippen molar-refractivity contribution in [2.24, 2.45) is 0 Å². The molecule has 1 N–H and O–H groups in total. The summed E-state index contributed by atoms with van der Waals surface area (Å²) >= 11 is 0. The number of ether oxygens (including phenoxy) is 2. The molecule has 1 aliphatic heterocycles. The Labute approximate surface area is 147 Å². The average molecular weight is 355 g/mol. The first-order chi connectivity index (χ1) is 12.7. The van der Waals surface area contributed by atoms with Gasteiger partial charge >= 0.3 is 11.8 Å². The highest BCUT2D eigenvalue weighted by Crippen LogP contribution is 2.32. The second kappa shape index (κ2) is 6.83. The molecule has 8 heteroatoms. The van der Waals surface area contributed by atoms with Crippen LogP contribution in [0.4, 0.5) is 4.39 Å². The maximum atomic E-state index is 12.9. The van der Waals surface area contributed by atoms with Crippen LogP contribution in [0.3, 0.4) is 0 Å². The van der Waals surface area contributed by atoms with Crippen LogP contribution in [0.1, 0.15) is 27.7 Å². The first-order valence-electron chi connectivity index (χ1n) is 7.91. The summed E-state index contributed by atoms with van der Waals surface area (Å²) in [4.78, 5) is 12.1. The summed E-state index contributed by atoms with van der Waals surface area (Å²) in [6, 6.07) is 11.4. The zero-order chi connectivity index (χ0) is 17.9. The molecule has 26 heavy (non-hydrogen) atoms. The number of benzene rings is 2. The number of rotatable bonds is 5. The molecule has 0 saturated carbocycles. The van der Waals surface area contributed by atoms with E-state index < -0.39 is 5.91 Å². The highest BCUT2D eigenvalue weighted by Gasteiger charge is 2.17. The third-order valence-electron chi connectivity index (χ3n) is 3.82. The molecular weight excluding hydrogens is 341 g/mol. The van der Waals surface area contributed by atoms with Gasteiger partial charge in [-0.2, -0.15) is 0 Å². The molecule has 0 unspecified atom stereocenters. The smallest absolute Gasteiger partial charge is 0.309 e. The van der Waals surface area contributed by atoms with Gasteiger partial charge in [-0.3, -0.25) is 4.79 Å². The first-order valence-corrected chi connectivity index (χ1v) is 7.91. The van der Waals surface area contributed by atoms with Crippen molar-refractivity contribution < 1.29 is 23.1 Å². The van der Waals surface area contributed by atoms with Crippen molar-refractivity contribution >= 4 is 5.91 Å². The highest BCUT2D eigenvalue weighted by atomic mass is 19.1. The molecule has 1 aromatic heterocycles. The van der Waals surface area contributed by atoms with Crippen LogP contribution in [0, 0.1) is 5.82 Å². The summed E-state index contributed by atoms with van der Waals surface area (Å²) in [5.74, 6) is 0.738. The zero-order valence-electron chi connectivity index (χ0n) is 13.6. The normalized spacial score (nSPS) is 12.2. The predicted octanol–water partition coefficient (Wildman–Crippen LogP) is 2.46. The van der Waals surface area contributed by atoms with Crippen molar-refractivity contribution in [1.82, 2.24) is 15.5 Å². The second-order valence-corrected chi connectivity index (χ2v) is 5.67. The van der Waals surface area contributed by atoms with Crippen molar-refractivity contribution in [2.45, 2.75) is 13.0 Å². The van der Waals surface area contributed by atoms with E-state index in [1.165, 1.54) is 12.1 Å². The van der Waals surface area contributed by atoms with Crippen LogP contribution >= 0.6 is 0 Å². The Hall–Kier alpha value is -3.42. The van der Waals surface area contributed by atoms with Gasteiger partial charge in [-0.05, 0) is 35.4 Å². The maximum Gasteiger partial charge on any atom is 0.309 e. The fraction of sp³-hybridized carbons (Fsp3) is 0.167. The van der Waals surface area contributed by atoms with E-state index in [4.69, 9.17) is 13.9 Å². The van der Waals surface area contributed by atoms with Crippen LogP contribution < -0.4 is 14.8 Å². The number of nitrogens with zero attached hydrogens (tertiary/aromatic N) is 2. The minimum atomic E-state index is -0.487. The molecule has 0 spiro atoms. The number of carbonyl (C=O) groups is 1. The Morgan fingerprint density at radius 3 is 2.65 bits per heavy atom. The number of aromatic nitrogens is 2. The molecule has 0 saturated heterocycles. The maximum absolute atomic E-state index is 12.9. The number of halogens is 1. The standard InChI is InChI=1S/C18H14FN3O4/c19-13-4-1-11(2-5-13)9-20-17(23)18-22-21-16(26-18)8-12-3-6-14-15(7-12)25-10-24-14/h1-7H,8-10H2,(H,20,23). The van der Waals surface area contributed by atoms with Gasteiger partial charge in [0.1, 0.15) is 5.82 Å². The highest BCUT2D eigenvalue weighted by molar-refractivity contribution is 5.89. The lowest BCUT2D eigenvalue weighted by Crippen LogP contribution is -2.23. The van der Waals surface area contributed by atoms with Gasteiger partial charge in [0.2, 0.25) is 12.7 Å². The molecule has 0 fully saturated rings. The number of carbonyl (C=O) groups excluding carboxylic acids is 1. The molecule has 0 aliphatic carbocycles. The van der Waals surface area contributed by atoms with Crippen LogP contribution in [-0.4, -0.2) is 22.9 Å². The molecule has 0 bridgehead atoms. The zero-order valence-corrected chi connectivity index (χ0v) is 13.6. The average Bonchev–Trinajstić information content (AvgIpc) is 3.30. The van der Waals surface area contributed by atoms with Crippen LogP contribution in [0.25, 0.3) is 0 Å². The van der Waals surface area contributed by atoms with Crippen molar-refractivity contribution in [1.29, 1.82) is 0 Å². The molecule has 1 amide bonds. The Bertz CT molecular complexity index is 940. The van der Waals surface area contributed by atoms with E-state index in [1.54, 1.807) is 12.1 Å². The minimum absolute atomic E-state index is 0.122. The van der Waals surface area contributed by atoms with E-state index in [0.717, 1.165) is 11.1 Å². The Morgan fingerprint density at radius 2 is 1.81 bits per heavy atom. The van der Waals surface area contributed by atoms with Gasteiger partial charge in [-0.1, -0.05) is 18.2 Å². The Balaban J connectivity index is 1.37. The predicted molar refractivity (Wildman–Crippen MR) is 87.2 cm³/mol. The van der Waals surface area contributed by atoms with Gasteiger partial charge in [0.25, 0.3) is 0 Å². The van der Waals surface area contributed by atoms with Crippen LogP contribution in [-0.2, 0) is 13.0 Å². The van der Waals surface area contributed by atoms with Crippen molar-refractivity contribution in [3.63, 3.8) is 0 Å². The summed E-state index contributed by atoms with van der Waals surface area (Å²) in [5.41, 5.74) is 1.66. The summed E-state index contributed by atoms with van der Waals surface area (Å²) in [5, 5.41) is 10.3. The van der Waals surface area contributed by atoms with Gasteiger partial charge in [0.15, 0.2) is 11.5 Å². The van der Waals surface area contributed by atoms with Crippen molar-refractivity contribution in [3.8, 4) is 11.5 Å². The van der Waals surface area contributed by atoms with E-state index in [1.807, 2.05) is 18.2 Å². The number of amides is 1. The summed E-state index contributed by atoms with van der Waals surface area (Å²) in [6.45, 7) is 0.441. The fourth-order valence-electron chi connectivity index (χ4n) is 2.50. The molecule has 1 aliphatic rings. The summed E-state index contributed by atoms with van der Waals surface area (Å²) in [6.07, 6.45) is 0.370. The topological polar surface area (TPSA) is 86.5 Å². The number of nitrogens with one attached hydrogen (secondary N) is 1. The molecule has 0 atom stereocenters. The monoisotopic (exact) mass is 355 g/mol. The lowest BCUT2D eigenvalue weighted by molar-refractivity contribution is 0.0914. The minimum Gasteiger partial charge on any atom is -0.454 e. The fourth-order valence-corrected chi connectivity index (χ4v) is 2.50. The molecule has 7 nitrogen and oxygen atoms in total. The number of fused-ring (bicyclic) bond motifs is 1. The van der Waals surface area contributed by atoms with E-state index in [0.29, 0.717) is 23.8 Å². The SMILES string of the molecule is O=C(NCc1ccc(F)cc1)c1nnc(Cc2ccc3c(c2)OCO3)o1. The Morgan fingerprint density at radius 1 is 1.04 bits per heavy atom. The largest absolute Gasteiger partial charge is 0.454 e. The number of hydrogen-bond acceptors (Lipinski definition) is 6. The van der Waals surface area contributed by atoms with E-state index in [9.17, 15) is 9.18 Å². The molecule has 2 aromatic carbocycles. The molecule has 4 rings (SSSR count). The summed E-state index contributed by atoms with van der Waals surface area (Å²) < 4.78 is 28.9. The third kappa shape index (κ3) is 3.49. The van der Waals surface area contributed by atoms with Gasteiger partial charge in [-0.15, -0.1) is 10.2 Å². The van der Waals surface area contributed by atoms with Gasteiger partial charge in [0, 0.05) is 6.54 Å². The quantitative estimate of drug-likeness (QED) is 0.757. The van der Waals surface area contributed by atoms with Crippen LogP contribution in [0.15, 0.2) is 46.9 Å². The first kappa shape index (κ1) is 16.1. The summed E-state index contributed by atoms with van der Waals surface area (Å²) in [7, 11) is 0.